The number of rotatable bonds is 14. The first-order valence-corrected chi connectivity index (χ1v) is 20.4. The second-order valence-electron chi connectivity index (χ2n) is 14.5. The van der Waals surface area contributed by atoms with Gasteiger partial charge in [-0.05, 0) is 41.1 Å². The second kappa shape index (κ2) is 21.1. The van der Waals surface area contributed by atoms with E-state index in [1.165, 1.54) is 45.2 Å². The van der Waals surface area contributed by atoms with Gasteiger partial charge in [0.05, 0.1) is 19.8 Å². The third kappa shape index (κ3) is 12.1. The van der Waals surface area contributed by atoms with Crippen LogP contribution >= 0.6 is 15.9 Å². The predicted molar refractivity (Wildman–Crippen MR) is 218 cm³/mol. The topological polar surface area (TPSA) is 281 Å². The number of methoxy groups -OCH3 is 1. The number of benzene rings is 2. The van der Waals surface area contributed by atoms with Gasteiger partial charge in [0.1, 0.15) is 38.8 Å². The molecule has 2 aromatic carbocycles. The summed E-state index contributed by atoms with van der Waals surface area (Å²) in [6, 6.07) is 6.66. The van der Waals surface area contributed by atoms with E-state index in [0.29, 0.717) is 0 Å². The van der Waals surface area contributed by atoms with Crippen LogP contribution in [0.25, 0.3) is 22.3 Å². The van der Waals surface area contributed by atoms with E-state index < -0.39 is 121 Å². The molecule has 0 bridgehead atoms. The number of esters is 7. The molecule has 3 aromatic rings. The number of hydrogen-bond donors (Lipinski definition) is 1. The summed E-state index contributed by atoms with van der Waals surface area (Å²) in [6.07, 6.45) is -15.3. The number of carbonyl (C=O) groups is 7. The molecule has 0 radical (unpaired) electrons. The Labute approximate surface area is 377 Å². The zero-order valence-corrected chi connectivity index (χ0v) is 37.9. The highest BCUT2D eigenvalue weighted by atomic mass is 79.9. The van der Waals surface area contributed by atoms with Crippen LogP contribution < -0.4 is 19.6 Å². The average Bonchev–Trinajstić information content (AvgIpc) is 3.19. The Balaban J connectivity index is 1.58. The van der Waals surface area contributed by atoms with Crippen LogP contribution in [-0.4, -0.2) is 122 Å². The Bertz CT molecular complexity index is 2390. The van der Waals surface area contributed by atoms with Gasteiger partial charge in [0.2, 0.25) is 12.4 Å². The average molecular weight is 982 g/mol. The van der Waals surface area contributed by atoms with Crippen molar-refractivity contribution in [2.24, 2.45) is 0 Å². The Morgan fingerprint density at radius 3 is 1.71 bits per heavy atom. The van der Waals surface area contributed by atoms with Crippen molar-refractivity contribution in [3.05, 3.63) is 45.0 Å². The minimum Gasteiger partial charge on any atom is -0.506 e. The fraction of sp³-hybridized carbons (Fsp3) is 0.476. The van der Waals surface area contributed by atoms with Crippen LogP contribution in [0.15, 0.2) is 44.0 Å². The zero-order chi connectivity index (χ0) is 48.0. The van der Waals surface area contributed by atoms with Crippen LogP contribution in [0, 0.1) is 0 Å². The van der Waals surface area contributed by atoms with Crippen LogP contribution in [0.4, 0.5) is 0 Å². The van der Waals surface area contributed by atoms with Gasteiger partial charge in [0.15, 0.2) is 53.7 Å². The molecule has 0 spiro atoms. The first-order valence-electron chi connectivity index (χ1n) is 19.6. The number of phenols is 1. The summed E-state index contributed by atoms with van der Waals surface area (Å²) in [5.41, 5.74) is -0.690. The molecule has 2 aliphatic rings. The van der Waals surface area contributed by atoms with E-state index in [0.717, 1.165) is 47.6 Å². The molecule has 2 saturated heterocycles. The van der Waals surface area contributed by atoms with E-state index in [2.05, 4.69) is 15.9 Å². The first-order chi connectivity index (χ1) is 30.6. The third-order valence-corrected chi connectivity index (χ3v) is 10.2. The number of ether oxygens (including phenoxy) is 12. The minimum absolute atomic E-state index is 0.0173. The molecule has 23 heteroatoms. The lowest BCUT2D eigenvalue weighted by Crippen LogP contribution is -2.64. The van der Waals surface area contributed by atoms with E-state index >= 15 is 0 Å². The molecule has 352 valence electrons. The van der Waals surface area contributed by atoms with Crippen molar-refractivity contribution in [1.29, 1.82) is 0 Å². The van der Waals surface area contributed by atoms with Crippen LogP contribution in [0.1, 0.15) is 55.4 Å². The summed E-state index contributed by atoms with van der Waals surface area (Å²) in [5, 5.41) is 11.0. The number of carbonyl (C=O) groups excluding carboxylic acids is 7. The van der Waals surface area contributed by atoms with Crippen molar-refractivity contribution < 1.29 is 99.9 Å². The number of fused-ring (bicyclic) bond motifs is 1. The highest BCUT2D eigenvalue weighted by molar-refractivity contribution is 9.10. The van der Waals surface area contributed by atoms with Gasteiger partial charge in [-0.25, -0.2) is 0 Å². The zero-order valence-electron chi connectivity index (χ0n) is 36.3. The van der Waals surface area contributed by atoms with Crippen molar-refractivity contribution in [2.45, 2.75) is 117 Å². The molecule has 2 fully saturated rings. The summed E-state index contributed by atoms with van der Waals surface area (Å²) >= 11 is 3.23. The highest BCUT2D eigenvalue weighted by Gasteiger charge is 2.55. The molecule has 65 heavy (non-hydrogen) atoms. The summed E-state index contributed by atoms with van der Waals surface area (Å²) in [5.74, 6) is -6.67. The van der Waals surface area contributed by atoms with Crippen molar-refractivity contribution in [1.82, 2.24) is 0 Å². The Morgan fingerprint density at radius 2 is 1.15 bits per heavy atom. The summed E-state index contributed by atoms with van der Waals surface area (Å²) in [7, 11) is 1.36. The van der Waals surface area contributed by atoms with E-state index in [9.17, 15) is 43.5 Å². The molecule has 0 aliphatic carbocycles. The summed E-state index contributed by atoms with van der Waals surface area (Å²) in [6.45, 7) is 8.29. The molecule has 0 saturated carbocycles. The molecule has 0 unspecified atom stereocenters. The van der Waals surface area contributed by atoms with Crippen LogP contribution in [0.3, 0.4) is 0 Å². The molecule has 2 aliphatic heterocycles. The van der Waals surface area contributed by atoms with Gasteiger partial charge in [-0.3, -0.25) is 38.4 Å². The molecule has 3 heterocycles. The molecule has 1 N–H and O–H groups in total. The predicted octanol–water partition coefficient (Wildman–Crippen LogP) is 3.32. The maximum atomic E-state index is 13.5. The quantitative estimate of drug-likeness (QED) is 0.138. The first kappa shape index (κ1) is 49.7. The fourth-order valence-electron chi connectivity index (χ4n) is 7.05. The van der Waals surface area contributed by atoms with Gasteiger partial charge in [-0.2, -0.15) is 0 Å². The van der Waals surface area contributed by atoms with Gasteiger partial charge < -0.3 is 66.4 Å². The lowest BCUT2D eigenvalue weighted by atomic mass is 9.97. The third-order valence-electron chi connectivity index (χ3n) is 9.40. The van der Waals surface area contributed by atoms with Crippen LogP contribution in [0.2, 0.25) is 0 Å². The lowest BCUT2D eigenvalue weighted by molar-refractivity contribution is -0.323. The Kier molecular flexibility index (Phi) is 16.2. The summed E-state index contributed by atoms with van der Waals surface area (Å²) in [4.78, 5) is 99.7. The largest absolute Gasteiger partial charge is 0.506 e. The molecule has 1 aromatic heterocycles. The molecule has 0 amide bonds. The van der Waals surface area contributed by atoms with Gasteiger partial charge in [0.25, 0.3) is 0 Å². The van der Waals surface area contributed by atoms with E-state index in [-0.39, 0.29) is 44.0 Å². The molecule has 5 rings (SSSR count). The van der Waals surface area contributed by atoms with E-state index in [4.69, 9.17) is 61.3 Å². The standard InChI is InChI=1S/C42H45BrO22/c1-16-35(57-18(3)45)37(59-20(5)47)39(61-22(7)49)41(55-16)54-15-31-36(58-19(4)46)38(60-21(6)48)40(62-23(8)50)42(65-31)64-30-14-29-32(34(52)33(30)43)25(51)13-27(63-29)24-10-11-26(53-9)28(12-24)56-17(2)44/h10-14,16,31,35-42,52H,15H2,1-9H3/t16-,31+,35-,36+,37+,38-,39+,40+,41+,42+/m0/s1. The van der Waals surface area contributed by atoms with Crippen molar-refractivity contribution >= 4 is 68.7 Å². The molecule has 10 atom stereocenters. The van der Waals surface area contributed by atoms with Gasteiger partial charge in [-0.15, -0.1) is 0 Å². The summed E-state index contributed by atoms with van der Waals surface area (Å²) < 4.78 is 73.9. The highest BCUT2D eigenvalue weighted by Crippen LogP contribution is 2.43. The normalized spacial score (nSPS) is 25.0. The van der Waals surface area contributed by atoms with Gasteiger partial charge in [-0.1, -0.05) is 0 Å². The maximum absolute atomic E-state index is 13.5. The van der Waals surface area contributed by atoms with Crippen LogP contribution in [0.5, 0.6) is 23.0 Å². The SMILES string of the molecule is COc1ccc(-c2cc(=O)c3c(O)c(Br)c(O[C@@H]4O[C@H](CO[C@@H]5O[C@@H](C)[C@H](OC(C)=O)[C@@H](OC(C)=O)[C@H]5OC(C)=O)[C@@H](OC(C)=O)[C@H](OC(C)=O)[C@H]4OC(C)=O)cc3o2)cc1OC(C)=O. The van der Waals surface area contributed by atoms with Crippen molar-refractivity contribution in [3.63, 3.8) is 0 Å². The number of halogens is 1. The van der Waals surface area contributed by atoms with E-state index in [1.54, 1.807) is 0 Å². The Hall–Kier alpha value is -6.30. The number of aromatic hydroxyl groups is 1. The second-order valence-corrected chi connectivity index (χ2v) is 15.3. The van der Waals surface area contributed by atoms with Gasteiger partial charge >= 0.3 is 41.8 Å². The number of hydrogen-bond acceptors (Lipinski definition) is 22. The smallest absolute Gasteiger partial charge is 0.308 e. The molecular weight excluding hydrogens is 936 g/mol. The molecular formula is C42H45BrO22. The fourth-order valence-corrected chi connectivity index (χ4v) is 7.46. The monoisotopic (exact) mass is 980 g/mol. The van der Waals surface area contributed by atoms with Crippen LogP contribution in [-0.2, 0) is 76.2 Å². The Morgan fingerprint density at radius 1 is 0.631 bits per heavy atom. The minimum atomic E-state index is -1.82. The van der Waals surface area contributed by atoms with E-state index in [1.807, 2.05) is 0 Å². The molecule has 22 nitrogen and oxygen atoms in total. The van der Waals surface area contributed by atoms with Gasteiger partial charge in [0, 0.05) is 66.2 Å². The number of phenolic OH excluding ortho intramolecular Hbond substituents is 1. The van der Waals surface area contributed by atoms with Crippen molar-refractivity contribution in [3.8, 4) is 34.3 Å². The van der Waals surface area contributed by atoms with Crippen molar-refractivity contribution in [2.75, 3.05) is 13.7 Å². The maximum Gasteiger partial charge on any atom is 0.308 e. The lowest BCUT2D eigenvalue weighted by Gasteiger charge is -2.46.